The van der Waals surface area contributed by atoms with Crippen molar-refractivity contribution in [3.8, 4) is 0 Å². The Morgan fingerprint density at radius 2 is 2.17 bits per heavy atom. The highest BCUT2D eigenvalue weighted by atomic mass is 16.3. The molecule has 3 heteroatoms. The first-order valence-corrected chi connectivity index (χ1v) is 6.50. The minimum atomic E-state index is -0.583. The molecule has 1 fully saturated rings. The van der Waals surface area contributed by atoms with Gasteiger partial charge in [0.2, 0.25) is 5.91 Å². The maximum absolute atomic E-state index is 11.7. The lowest BCUT2D eigenvalue weighted by Gasteiger charge is -2.22. The van der Waals surface area contributed by atoms with E-state index in [0.717, 1.165) is 17.7 Å². The number of aliphatic hydroxyl groups is 1. The van der Waals surface area contributed by atoms with E-state index < -0.39 is 6.10 Å². The number of likely N-dealkylation sites (tertiary alicyclic amines) is 1. The molecule has 0 aliphatic carbocycles. The van der Waals surface area contributed by atoms with E-state index in [0.29, 0.717) is 18.9 Å². The molecule has 0 spiro atoms. The van der Waals surface area contributed by atoms with Crippen LogP contribution >= 0.6 is 0 Å². The number of amides is 1. The van der Waals surface area contributed by atoms with E-state index in [1.54, 1.807) is 4.90 Å². The Labute approximate surface area is 108 Å². The number of hydrogen-bond acceptors (Lipinski definition) is 2. The van der Waals surface area contributed by atoms with Crippen molar-refractivity contribution in [1.82, 2.24) is 4.90 Å². The van der Waals surface area contributed by atoms with E-state index in [1.807, 2.05) is 26.0 Å². The highest BCUT2D eigenvalue weighted by Gasteiger charge is 2.28. The molecule has 1 amide bonds. The molecule has 0 radical (unpaired) electrons. The van der Waals surface area contributed by atoms with E-state index >= 15 is 0 Å². The van der Waals surface area contributed by atoms with Gasteiger partial charge in [0.05, 0.1) is 12.6 Å². The monoisotopic (exact) mass is 247 g/mol. The predicted molar refractivity (Wildman–Crippen MR) is 71.2 cm³/mol. The van der Waals surface area contributed by atoms with Gasteiger partial charge in [-0.2, -0.15) is 0 Å². The lowest BCUT2D eigenvalue weighted by atomic mass is 10.0. The van der Waals surface area contributed by atoms with Gasteiger partial charge < -0.3 is 10.0 Å². The van der Waals surface area contributed by atoms with E-state index in [4.69, 9.17) is 0 Å². The summed E-state index contributed by atoms with van der Waals surface area (Å²) in [7, 11) is 0. The molecular formula is C15H21NO2. The number of rotatable bonds is 3. The summed E-state index contributed by atoms with van der Waals surface area (Å²) in [6, 6.07) is 6.02. The molecule has 1 heterocycles. The number of benzene rings is 1. The first-order chi connectivity index (χ1) is 8.47. The molecule has 2 rings (SSSR count). The lowest BCUT2D eigenvalue weighted by molar-refractivity contribution is -0.129. The molecule has 1 aromatic carbocycles. The molecule has 1 saturated heterocycles. The van der Waals surface area contributed by atoms with Crippen LogP contribution in [0.5, 0.6) is 0 Å². The van der Waals surface area contributed by atoms with Crippen molar-refractivity contribution in [2.75, 3.05) is 13.1 Å². The predicted octanol–water partition coefficient (Wildman–Crippen LogP) is 2.21. The van der Waals surface area contributed by atoms with Crippen LogP contribution in [0.2, 0.25) is 0 Å². The van der Waals surface area contributed by atoms with Crippen molar-refractivity contribution in [2.24, 2.45) is 5.92 Å². The molecule has 0 saturated carbocycles. The zero-order valence-electron chi connectivity index (χ0n) is 11.3. The standard InChI is InChI=1S/C15H21NO2/c1-10-4-5-13(12(3)6-10)14(17)9-16-8-11(2)7-15(16)18/h4-6,11,14,17H,7-9H2,1-3H3. The largest absolute Gasteiger partial charge is 0.387 e. The zero-order valence-corrected chi connectivity index (χ0v) is 11.3. The van der Waals surface area contributed by atoms with Gasteiger partial charge in [0.1, 0.15) is 0 Å². The summed E-state index contributed by atoms with van der Waals surface area (Å²) in [5.41, 5.74) is 3.20. The topological polar surface area (TPSA) is 40.5 Å². The number of hydrogen-bond donors (Lipinski definition) is 1. The quantitative estimate of drug-likeness (QED) is 0.889. The smallest absolute Gasteiger partial charge is 0.223 e. The average Bonchev–Trinajstić information content (AvgIpc) is 2.57. The van der Waals surface area contributed by atoms with Crippen LogP contribution in [0.15, 0.2) is 18.2 Å². The number of aryl methyl sites for hydroxylation is 2. The molecule has 1 aliphatic heterocycles. The summed E-state index contributed by atoms with van der Waals surface area (Å²) in [6.07, 6.45) is 0.0272. The molecule has 1 aliphatic rings. The lowest BCUT2D eigenvalue weighted by Crippen LogP contribution is -2.30. The van der Waals surface area contributed by atoms with Gasteiger partial charge in [0, 0.05) is 13.0 Å². The van der Waals surface area contributed by atoms with Gasteiger partial charge in [0.15, 0.2) is 0 Å². The molecule has 0 bridgehead atoms. The van der Waals surface area contributed by atoms with Crippen LogP contribution in [0, 0.1) is 19.8 Å². The molecule has 2 atom stereocenters. The van der Waals surface area contributed by atoms with Crippen molar-refractivity contribution in [3.63, 3.8) is 0 Å². The molecule has 0 aromatic heterocycles. The molecule has 2 unspecified atom stereocenters. The normalized spacial score (nSPS) is 21.4. The second kappa shape index (κ2) is 5.11. The molecule has 18 heavy (non-hydrogen) atoms. The summed E-state index contributed by atoms with van der Waals surface area (Å²) < 4.78 is 0. The Bertz CT molecular complexity index is 456. The number of nitrogens with zero attached hydrogens (tertiary/aromatic N) is 1. The number of carbonyl (C=O) groups excluding carboxylic acids is 1. The molecular weight excluding hydrogens is 226 g/mol. The highest BCUT2D eigenvalue weighted by molar-refractivity contribution is 5.78. The molecule has 1 aromatic rings. The van der Waals surface area contributed by atoms with Crippen molar-refractivity contribution >= 4 is 5.91 Å². The minimum Gasteiger partial charge on any atom is -0.387 e. The van der Waals surface area contributed by atoms with Crippen molar-refractivity contribution in [2.45, 2.75) is 33.3 Å². The van der Waals surface area contributed by atoms with E-state index in [1.165, 1.54) is 5.56 Å². The Morgan fingerprint density at radius 3 is 2.72 bits per heavy atom. The fourth-order valence-corrected chi connectivity index (χ4v) is 2.65. The molecule has 1 N–H and O–H groups in total. The van der Waals surface area contributed by atoms with Crippen LogP contribution in [0.4, 0.5) is 0 Å². The maximum atomic E-state index is 11.7. The first-order valence-electron chi connectivity index (χ1n) is 6.50. The van der Waals surface area contributed by atoms with Crippen LogP contribution in [0.3, 0.4) is 0 Å². The van der Waals surface area contributed by atoms with E-state index in [2.05, 4.69) is 13.0 Å². The van der Waals surface area contributed by atoms with Crippen molar-refractivity contribution < 1.29 is 9.90 Å². The summed E-state index contributed by atoms with van der Waals surface area (Å²) in [4.78, 5) is 13.5. The average molecular weight is 247 g/mol. The SMILES string of the molecule is Cc1ccc(C(O)CN2CC(C)CC2=O)c(C)c1. The zero-order chi connectivity index (χ0) is 13.3. The fourth-order valence-electron chi connectivity index (χ4n) is 2.65. The van der Waals surface area contributed by atoms with Crippen LogP contribution < -0.4 is 0 Å². The third-order valence-electron chi connectivity index (χ3n) is 3.59. The van der Waals surface area contributed by atoms with Gasteiger partial charge in [-0.25, -0.2) is 0 Å². The van der Waals surface area contributed by atoms with Gasteiger partial charge in [-0.15, -0.1) is 0 Å². The fraction of sp³-hybridized carbons (Fsp3) is 0.533. The first kappa shape index (κ1) is 13.1. The van der Waals surface area contributed by atoms with Gasteiger partial charge >= 0.3 is 0 Å². The summed E-state index contributed by atoms with van der Waals surface area (Å²) in [5.74, 6) is 0.565. The minimum absolute atomic E-state index is 0.159. The Hall–Kier alpha value is -1.35. The van der Waals surface area contributed by atoms with Gasteiger partial charge in [-0.1, -0.05) is 30.7 Å². The third kappa shape index (κ3) is 2.72. The van der Waals surface area contributed by atoms with E-state index in [-0.39, 0.29) is 5.91 Å². The van der Waals surface area contributed by atoms with Crippen LogP contribution in [0.1, 0.15) is 36.1 Å². The Morgan fingerprint density at radius 1 is 1.44 bits per heavy atom. The molecule has 98 valence electrons. The summed E-state index contributed by atoms with van der Waals surface area (Å²) in [6.45, 7) is 7.28. The summed E-state index contributed by atoms with van der Waals surface area (Å²) in [5, 5.41) is 10.3. The second-order valence-electron chi connectivity index (χ2n) is 5.48. The van der Waals surface area contributed by atoms with Gasteiger partial charge in [-0.3, -0.25) is 4.79 Å². The Balaban J connectivity index is 2.08. The van der Waals surface area contributed by atoms with E-state index in [9.17, 15) is 9.90 Å². The number of carbonyl (C=O) groups is 1. The van der Waals surface area contributed by atoms with Crippen LogP contribution in [0.25, 0.3) is 0 Å². The summed E-state index contributed by atoms with van der Waals surface area (Å²) >= 11 is 0. The van der Waals surface area contributed by atoms with Crippen molar-refractivity contribution in [1.29, 1.82) is 0 Å². The maximum Gasteiger partial charge on any atom is 0.223 e. The van der Waals surface area contributed by atoms with Gasteiger partial charge in [0.25, 0.3) is 0 Å². The number of aliphatic hydroxyl groups excluding tert-OH is 1. The Kier molecular flexibility index (Phi) is 3.71. The van der Waals surface area contributed by atoms with Gasteiger partial charge in [-0.05, 0) is 30.9 Å². The highest BCUT2D eigenvalue weighted by Crippen LogP contribution is 2.23. The third-order valence-corrected chi connectivity index (χ3v) is 3.59. The van der Waals surface area contributed by atoms with Crippen molar-refractivity contribution in [3.05, 3.63) is 34.9 Å². The second-order valence-corrected chi connectivity index (χ2v) is 5.48. The van der Waals surface area contributed by atoms with Crippen LogP contribution in [-0.4, -0.2) is 29.0 Å². The van der Waals surface area contributed by atoms with Crippen LogP contribution in [-0.2, 0) is 4.79 Å². The molecule has 3 nitrogen and oxygen atoms in total. The number of β-amino-alcohol motifs (C(OH)–C–C–N with tert-alkyl or cyclic N) is 1.